The fraction of sp³-hybridized carbons (Fsp3) is 0.111. The molecule has 0 unspecified atom stereocenters. The summed E-state index contributed by atoms with van der Waals surface area (Å²) in [6.45, 7) is 0. The van der Waals surface area contributed by atoms with Crippen molar-refractivity contribution < 1.29 is 4.57 Å². The van der Waals surface area contributed by atoms with Crippen LogP contribution in [0.2, 0.25) is 0 Å². The van der Waals surface area contributed by atoms with Gasteiger partial charge in [-0.1, -0.05) is 0 Å². The lowest BCUT2D eigenvalue weighted by Gasteiger charge is -1.91. The zero-order chi connectivity index (χ0) is 8.39. The van der Waals surface area contributed by atoms with Crippen molar-refractivity contribution in [3.05, 3.63) is 36.1 Å². The molecule has 0 aliphatic carbocycles. The molecule has 3 heteroatoms. The molecule has 2 aromatic heterocycles. The predicted octanol–water partition coefficient (Wildman–Crippen LogP) is 1.63. The standard InChI is InChI=1S/C9H9N2S/c1-11-5-2-8(3-6-11)9-10-4-7-12-9/h2-7H,1H3/q+1. The summed E-state index contributed by atoms with van der Waals surface area (Å²) in [5, 5.41) is 3.07. The molecule has 0 spiro atoms. The first kappa shape index (κ1) is 7.43. The van der Waals surface area contributed by atoms with Gasteiger partial charge in [-0.2, -0.15) is 0 Å². The second kappa shape index (κ2) is 3.03. The van der Waals surface area contributed by atoms with Crippen molar-refractivity contribution in [3.8, 4) is 10.6 Å². The molecular weight excluding hydrogens is 168 g/mol. The first-order valence-corrected chi connectivity index (χ1v) is 4.59. The molecule has 0 atom stereocenters. The molecular formula is C9H9N2S+. The largest absolute Gasteiger partial charge is 0.245 e. The number of aromatic nitrogens is 2. The molecule has 0 aliphatic rings. The van der Waals surface area contributed by atoms with E-state index in [1.54, 1.807) is 11.3 Å². The highest BCUT2D eigenvalue weighted by molar-refractivity contribution is 7.13. The van der Waals surface area contributed by atoms with E-state index in [0.717, 1.165) is 5.01 Å². The molecule has 0 saturated heterocycles. The number of thiazole rings is 1. The summed E-state index contributed by atoms with van der Waals surface area (Å²) in [5.74, 6) is 0. The van der Waals surface area contributed by atoms with E-state index in [4.69, 9.17) is 0 Å². The average molecular weight is 177 g/mol. The van der Waals surface area contributed by atoms with Gasteiger partial charge in [0.15, 0.2) is 12.4 Å². The maximum Gasteiger partial charge on any atom is 0.169 e. The fourth-order valence-corrected chi connectivity index (χ4v) is 1.65. The van der Waals surface area contributed by atoms with Crippen molar-refractivity contribution in [2.24, 2.45) is 7.05 Å². The van der Waals surface area contributed by atoms with Gasteiger partial charge >= 0.3 is 0 Å². The molecule has 0 N–H and O–H groups in total. The maximum absolute atomic E-state index is 4.23. The Labute approximate surface area is 75.1 Å². The molecule has 60 valence electrons. The third kappa shape index (κ3) is 1.36. The van der Waals surface area contributed by atoms with Crippen LogP contribution < -0.4 is 4.57 Å². The smallest absolute Gasteiger partial charge is 0.169 e. The Balaban J connectivity index is 2.43. The van der Waals surface area contributed by atoms with Gasteiger partial charge in [0.1, 0.15) is 12.1 Å². The van der Waals surface area contributed by atoms with Crippen LogP contribution in [0.4, 0.5) is 0 Å². The molecule has 0 aromatic carbocycles. The van der Waals surface area contributed by atoms with Gasteiger partial charge in [0.25, 0.3) is 0 Å². The van der Waals surface area contributed by atoms with Gasteiger partial charge in [-0.3, -0.25) is 0 Å². The van der Waals surface area contributed by atoms with Gasteiger partial charge < -0.3 is 0 Å². The zero-order valence-corrected chi connectivity index (χ0v) is 7.58. The minimum absolute atomic E-state index is 1.08. The van der Waals surface area contributed by atoms with Gasteiger partial charge in [0.05, 0.1) is 0 Å². The van der Waals surface area contributed by atoms with Crippen molar-refractivity contribution in [1.82, 2.24) is 4.98 Å². The Morgan fingerprint density at radius 2 is 2.08 bits per heavy atom. The minimum atomic E-state index is 1.08. The number of pyridine rings is 1. The minimum Gasteiger partial charge on any atom is -0.245 e. The molecule has 0 radical (unpaired) electrons. The summed E-state index contributed by atoms with van der Waals surface area (Å²) >= 11 is 1.66. The second-order valence-electron chi connectivity index (χ2n) is 2.59. The van der Waals surface area contributed by atoms with E-state index in [-0.39, 0.29) is 0 Å². The van der Waals surface area contributed by atoms with Crippen molar-refractivity contribution in [3.63, 3.8) is 0 Å². The van der Waals surface area contributed by atoms with Crippen LogP contribution in [0.5, 0.6) is 0 Å². The number of aryl methyl sites for hydroxylation is 1. The topological polar surface area (TPSA) is 16.8 Å². The molecule has 0 amide bonds. The van der Waals surface area contributed by atoms with Crippen LogP contribution >= 0.6 is 11.3 Å². The second-order valence-corrected chi connectivity index (χ2v) is 3.48. The normalized spacial score (nSPS) is 10.1. The van der Waals surface area contributed by atoms with E-state index >= 15 is 0 Å². The van der Waals surface area contributed by atoms with Crippen LogP contribution in [-0.2, 0) is 7.05 Å². The summed E-state index contributed by atoms with van der Waals surface area (Å²) in [5.41, 5.74) is 1.18. The molecule has 0 bridgehead atoms. The van der Waals surface area contributed by atoms with Crippen LogP contribution in [0.1, 0.15) is 0 Å². The predicted molar refractivity (Wildman–Crippen MR) is 48.7 cm³/mol. The maximum atomic E-state index is 4.23. The van der Waals surface area contributed by atoms with E-state index in [9.17, 15) is 0 Å². The molecule has 0 aliphatic heterocycles. The number of hydrogen-bond donors (Lipinski definition) is 0. The highest BCUT2D eigenvalue weighted by atomic mass is 32.1. The van der Waals surface area contributed by atoms with Crippen LogP contribution in [0.15, 0.2) is 36.1 Å². The Morgan fingerprint density at radius 3 is 2.67 bits per heavy atom. The quantitative estimate of drug-likeness (QED) is 0.605. The highest BCUT2D eigenvalue weighted by Crippen LogP contribution is 2.19. The first-order valence-electron chi connectivity index (χ1n) is 3.71. The summed E-state index contributed by atoms with van der Waals surface area (Å²) in [6.07, 6.45) is 5.88. The number of hydrogen-bond acceptors (Lipinski definition) is 2. The van der Waals surface area contributed by atoms with Gasteiger partial charge in [0.2, 0.25) is 0 Å². The summed E-state index contributed by atoms with van der Waals surface area (Å²) in [6, 6.07) is 4.14. The fourth-order valence-electron chi connectivity index (χ4n) is 1.01. The third-order valence-electron chi connectivity index (χ3n) is 1.66. The van der Waals surface area contributed by atoms with Crippen molar-refractivity contribution in [1.29, 1.82) is 0 Å². The highest BCUT2D eigenvalue weighted by Gasteiger charge is 2.00. The average Bonchev–Trinajstić information content (AvgIpc) is 2.58. The van der Waals surface area contributed by atoms with E-state index in [1.807, 2.05) is 35.6 Å². The van der Waals surface area contributed by atoms with E-state index in [1.165, 1.54) is 5.56 Å². The van der Waals surface area contributed by atoms with Crippen LogP contribution in [0, 0.1) is 0 Å². The van der Waals surface area contributed by atoms with Crippen molar-refractivity contribution in [2.45, 2.75) is 0 Å². The van der Waals surface area contributed by atoms with Crippen LogP contribution in [0.3, 0.4) is 0 Å². The summed E-state index contributed by atoms with van der Waals surface area (Å²) in [7, 11) is 2.01. The number of nitrogens with zero attached hydrogens (tertiary/aromatic N) is 2. The Kier molecular flexibility index (Phi) is 1.87. The lowest BCUT2D eigenvalue weighted by Crippen LogP contribution is -2.25. The summed E-state index contributed by atoms with van der Waals surface area (Å²) in [4.78, 5) is 4.23. The van der Waals surface area contributed by atoms with Gasteiger partial charge in [-0.25, -0.2) is 9.55 Å². The van der Waals surface area contributed by atoms with Gasteiger partial charge in [0, 0.05) is 29.3 Å². The van der Waals surface area contributed by atoms with E-state index in [0.29, 0.717) is 0 Å². The van der Waals surface area contributed by atoms with Gasteiger partial charge in [-0.05, 0) is 0 Å². The monoisotopic (exact) mass is 177 g/mol. The molecule has 0 saturated carbocycles. The van der Waals surface area contributed by atoms with Crippen LogP contribution in [0.25, 0.3) is 10.6 Å². The van der Waals surface area contributed by atoms with Crippen LogP contribution in [-0.4, -0.2) is 4.98 Å². The zero-order valence-electron chi connectivity index (χ0n) is 6.77. The summed E-state index contributed by atoms with van der Waals surface area (Å²) < 4.78 is 2.01. The molecule has 2 rings (SSSR count). The number of rotatable bonds is 1. The lowest BCUT2D eigenvalue weighted by atomic mass is 10.3. The van der Waals surface area contributed by atoms with Gasteiger partial charge in [-0.15, -0.1) is 11.3 Å². The molecule has 2 nitrogen and oxygen atoms in total. The molecule has 2 heterocycles. The SMILES string of the molecule is C[n+]1ccc(-c2nccs2)cc1. The Bertz CT molecular complexity index is 351. The molecule has 0 fully saturated rings. The molecule has 2 aromatic rings. The van der Waals surface area contributed by atoms with Crippen molar-refractivity contribution in [2.75, 3.05) is 0 Å². The first-order chi connectivity index (χ1) is 5.86. The molecule has 12 heavy (non-hydrogen) atoms. The third-order valence-corrected chi connectivity index (χ3v) is 2.48. The lowest BCUT2D eigenvalue weighted by molar-refractivity contribution is -0.671. The van der Waals surface area contributed by atoms with E-state index in [2.05, 4.69) is 17.1 Å². The Hall–Kier alpha value is -1.22. The van der Waals surface area contributed by atoms with E-state index < -0.39 is 0 Å². The van der Waals surface area contributed by atoms with Crippen molar-refractivity contribution >= 4 is 11.3 Å². The Morgan fingerprint density at radius 1 is 1.33 bits per heavy atom.